The smallest absolute Gasteiger partial charge is 0.289 e. The zero-order chi connectivity index (χ0) is 18.9. The number of likely N-dealkylation sites (tertiary alicyclic amines) is 1. The number of hydrogen-bond acceptors (Lipinski definition) is 4. The Balaban J connectivity index is 1.34. The number of rotatable bonds is 4. The minimum absolute atomic E-state index is 0.0280. The van der Waals surface area contributed by atoms with Crippen molar-refractivity contribution in [3.8, 4) is 11.1 Å². The van der Waals surface area contributed by atoms with Crippen molar-refractivity contribution in [1.82, 2.24) is 20.2 Å². The fraction of sp³-hybridized carbons (Fsp3) is 0.429. The third kappa shape index (κ3) is 3.84. The summed E-state index contributed by atoms with van der Waals surface area (Å²) in [7, 11) is 0. The maximum Gasteiger partial charge on any atom is 0.289 e. The average Bonchev–Trinajstić information content (AvgIpc) is 3.47. The Labute approximate surface area is 159 Å². The largest absolute Gasteiger partial charge is 0.341 e. The van der Waals surface area contributed by atoms with E-state index in [-0.39, 0.29) is 11.7 Å². The zero-order valence-electron chi connectivity index (χ0n) is 15.5. The second-order valence-electron chi connectivity index (χ2n) is 7.68. The second kappa shape index (κ2) is 7.10. The van der Waals surface area contributed by atoms with Gasteiger partial charge in [0.25, 0.3) is 5.91 Å². The lowest BCUT2D eigenvalue weighted by atomic mass is 9.93. The fourth-order valence-corrected chi connectivity index (χ4v) is 3.70. The zero-order valence-corrected chi connectivity index (χ0v) is 15.5. The molecule has 1 unspecified atom stereocenters. The Bertz CT molecular complexity index is 821. The van der Waals surface area contributed by atoms with Crippen LogP contribution in [0.2, 0.25) is 0 Å². The van der Waals surface area contributed by atoms with Crippen LogP contribution in [-0.4, -0.2) is 45.8 Å². The summed E-state index contributed by atoms with van der Waals surface area (Å²) < 4.78 is 0. The number of nitrogens with one attached hydrogen (secondary N) is 1. The van der Waals surface area contributed by atoms with Crippen LogP contribution in [-0.2, 0) is 4.79 Å². The molecular weight excluding hydrogens is 340 g/mol. The number of carbonyl (C=O) groups is 2. The van der Waals surface area contributed by atoms with Crippen molar-refractivity contribution in [2.24, 2.45) is 5.41 Å². The Morgan fingerprint density at radius 2 is 1.63 bits per heavy atom. The minimum atomic E-state index is -0.580. The summed E-state index contributed by atoms with van der Waals surface area (Å²) in [5.41, 5.74) is 2.36. The molecule has 1 saturated heterocycles. The van der Waals surface area contributed by atoms with Crippen LogP contribution in [0.15, 0.2) is 42.7 Å². The fourth-order valence-electron chi connectivity index (χ4n) is 3.70. The van der Waals surface area contributed by atoms with Gasteiger partial charge in [0, 0.05) is 31.0 Å². The lowest BCUT2D eigenvalue weighted by molar-refractivity contribution is -0.134. The lowest BCUT2D eigenvalue weighted by Crippen LogP contribution is -2.49. The Morgan fingerprint density at radius 3 is 2.22 bits per heavy atom. The van der Waals surface area contributed by atoms with Gasteiger partial charge in [0.1, 0.15) is 6.04 Å². The van der Waals surface area contributed by atoms with E-state index < -0.39 is 11.9 Å². The van der Waals surface area contributed by atoms with Crippen molar-refractivity contribution >= 4 is 11.8 Å². The van der Waals surface area contributed by atoms with Crippen LogP contribution >= 0.6 is 0 Å². The Hall–Kier alpha value is -2.76. The van der Waals surface area contributed by atoms with E-state index in [2.05, 4.69) is 15.3 Å². The van der Waals surface area contributed by atoms with Crippen molar-refractivity contribution in [1.29, 1.82) is 0 Å². The molecule has 0 radical (unpaired) electrons. The molecule has 6 nitrogen and oxygen atoms in total. The number of hydrogen-bond donors (Lipinski definition) is 1. The molecule has 2 fully saturated rings. The van der Waals surface area contributed by atoms with Crippen molar-refractivity contribution in [2.75, 3.05) is 13.1 Å². The van der Waals surface area contributed by atoms with Crippen LogP contribution in [0.3, 0.4) is 0 Å². The van der Waals surface area contributed by atoms with E-state index in [1.54, 1.807) is 19.3 Å². The second-order valence-corrected chi connectivity index (χ2v) is 7.68. The van der Waals surface area contributed by atoms with Crippen LogP contribution in [0.25, 0.3) is 11.1 Å². The van der Waals surface area contributed by atoms with Crippen molar-refractivity contribution in [3.63, 3.8) is 0 Å². The summed E-state index contributed by atoms with van der Waals surface area (Å²) in [6.45, 7) is 3.31. The SMILES string of the molecule is CC(NC(=O)c1ncc(-c2ccccc2)cn1)C(=O)N1CCC2(CC1)CC2. The van der Waals surface area contributed by atoms with Gasteiger partial charge in [-0.05, 0) is 43.6 Å². The van der Waals surface area contributed by atoms with Crippen molar-refractivity contribution in [3.05, 3.63) is 48.5 Å². The Morgan fingerprint density at radius 1 is 1.00 bits per heavy atom. The first-order chi connectivity index (χ1) is 13.1. The number of amides is 2. The van der Waals surface area contributed by atoms with E-state index in [0.29, 0.717) is 5.41 Å². The first-order valence-electron chi connectivity index (χ1n) is 9.53. The van der Waals surface area contributed by atoms with Gasteiger partial charge in [0.2, 0.25) is 11.7 Å². The highest BCUT2D eigenvalue weighted by atomic mass is 16.2. The molecule has 2 aliphatic rings. The molecule has 1 spiro atoms. The van der Waals surface area contributed by atoms with Gasteiger partial charge in [-0.2, -0.15) is 0 Å². The summed E-state index contributed by atoms with van der Waals surface area (Å²) in [6.07, 6.45) is 8.04. The maximum atomic E-state index is 12.6. The summed E-state index contributed by atoms with van der Waals surface area (Å²) in [5, 5.41) is 2.73. The molecule has 1 N–H and O–H groups in total. The molecule has 0 bridgehead atoms. The highest BCUT2D eigenvalue weighted by Gasteiger charge is 2.45. The summed E-state index contributed by atoms with van der Waals surface area (Å²) in [5.74, 6) is -0.379. The van der Waals surface area contributed by atoms with Crippen molar-refractivity contribution in [2.45, 2.75) is 38.6 Å². The van der Waals surface area contributed by atoms with Crippen molar-refractivity contribution < 1.29 is 9.59 Å². The topological polar surface area (TPSA) is 75.2 Å². The standard InChI is InChI=1S/C21H24N4O2/c1-15(20(27)25-11-9-21(7-8-21)10-12-25)24-19(26)18-22-13-17(14-23-18)16-5-3-2-4-6-16/h2-6,13-15H,7-12H2,1H3,(H,24,26). The molecule has 2 heterocycles. The van der Waals surface area contributed by atoms with Gasteiger partial charge >= 0.3 is 0 Å². The van der Waals surface area contributed by atoms with E-state index in [9.17, 15) is 9.59 Å². The number of benzene rings is 1. The van der Waals surface area contributed by atoms with Gasteiger partial charge in [-0.15, -0.1) is 0 Å². The van der Waals surface area contributed by atoms with E-state index in [1.165, 1.54) is 12.8 Å². The van der Waals surface area contributed by atoms with E-state index in [0.717, 1.165) is 37.1 Å². The third-order valence-electron chi connectivity index (χ3n) is 5.77. The number of nitrogens with zero attached hydrogens (tertiary/aromatic N) is 3. The molecule has 27 heavy (non-hydrogen) atoms. The predicted octanol–water partition coefficient (Wildman–Crippen LogP) is 2.66. The first-order valence-corrected chi connectivity index (χ1v) is 9.53. The molecule has 140 valence electrons. The van der Waals surface area contributed by atoms with E-state index in [4.69, 9.17) is 0 Å². The van der Waals surface area contributed by atoms with Gasteiger partial charge in [-0.1, -0.05) is 30.3 Å². The van der Waals surface area contributed by atoms with Gasteiger partial charge < -0.3 is 10.2 Å². The molecule has 1 aliphatic carbocycles. The first kappa shape index (κ1) is 17.6. The van der Waals surface area contributed by atoms with Gasteiger partial charge in [-0.25, -0.2) is 9.97 Å². The van der Waals surface area contributed by atoms with Crippen LogP contribution in [0.1, 0.15) is 43.2 Å². The summed E-state index contributed by atoms with van der Waals surface area (Å²) in [4.78, 5) is 35.2. The molecule has 2 aromatic rings. The third-order valence-corrected chi connectivity index (χ3v) is 5.77. The summed E-state index contributed by atoms with van der Waals surface area (Å²) in [6, 6.07) is 9.16. The van der Waals surface area contributed by atoms with Gasteiger partial charge in [0.05, 0.1) is 0 Å². The number of carbonyl (C=O) groups excluding carboxylic acids is 2. The predicted molar refractivity (Wildman–Crippen MR) is 102 cm³/mol. The van der Waals surface area contributed by atoms with Crippen LogP contribution in [0, 0.1) is 5.41 Å². The Kier molecular flexibility index (Phi) is 4.64. The van der Waals surface area contributed by atoms with E-state index >= 15 is 0 Å². The summed E-state index contributed by atoms with van der Waals surface area (Å²) >= 11 is 0. The molecule has 1 aromatic carbocycles. The maximum absolute atomic E-state index is 12.6. The highest BCUT2D eigenvalue weighted by Crippen LogP contribution is 2.53. The van der Waals surface area contributed by atoms with Gasteiger partial charge in [0.15, 0.2) is 0 Å². The number of piperidine rings is 1. The molecule has 1 atom stereocenters. The molecule has 1 aliphatic heterocycles. The molecular formula is C21H24N4O2. The van der Waals surface area contributed by atoms with E-state index in [1.807, 2.05) is 35.2 Å². The molecule has 1 aromatic heterocycles. The molecule has 1 saturated carbocycles. The van der Waals surface area contributed by atoms with Gasteiger partial charge in [-0.3, -0.25) is 9.59 Å². The van der Waals surface area contributed by atoms with Crippen LogP contribution in [0.4, 0.5) is 0 Å². The lowest BCUT2D eigenvalue weighted by Gasteiger charge is -2.33. The normalized spacial score (nSPS) is 18.8. The molecule has 4 rings (SSSR count). The average molecular weight is 364 g/mol. The monoisotopic (exact) mass is 364 g/mol. The quantitative estimate of drug-likeness (QED) is 0.905. The minimum Gasteiger partial charge on any atom is -0.341 e. The highest BCUT2D eigenvalue weighted by molar-refractivity contribution is 5.94. The molecule has 6 heteroatoms. The molecule has 2 amide bonds. The van der Waals surface area contributed by atoms with Crippen LogP contribution in [0.5, 0.6) is 0 Å². The van der Waals surface area contributed by atoms with Crippen LogP contribution < -0.4 is 5.32 Å². The number of aromatic nitrogens is 2.